The van der Waals surface area contributed by atoms with E-state index < -0.39 is 0 Å². The van der Waals surface area contributed by atoms with Crippen LogP contribution >= 0.6 is 0 Å². The molecule has 0 atom stereocenters. The fourth-order valence-corrected chi connectivity index (χ4v) is 4.70. The van der Waals surface area contributed by atoms with Crippen LogP contribution in [-0.4, -0.2) is 11.7 Å². The molecule has 0 unspecified atom stereocenters. The normalized spacial score (nSPS) is 11.6. The van der Waals surface area contributed by atoms with Gasteiger partial charge in [-0.1, -0.05) is 118 Å². The molecule has 4 heteroatoms. The van der Waals surface area contributed by atoms with E-state index in [9.17, 15) is 0 Å². The summed E-state index contributed by atoms with van der Waals surface area (Å²) < 4.78 is 5.84. The molecular formula is C39H43N3O. The number of rotatable bonds is 7. The van der Waals surface area contributed by atoms with Crippen LogP contribution in [0.2, 0.25) is 0 Å². The number of fused-ring (bicyclic) bond motifs is 3. The predicted molar refractivity (Wildman–Crippen MR) is 187 cm³/mol. The fourth-order valence-electron chi connectivity index (χ4n) is 4.70. The summed E-state index contributed by atoms with van der Waals surface area (Å²) >= 11 is 0. The highest BCUT2D eigenvalue weighted by Crippen LogP contribution is 2.31. The van der Waals surface area contributed by atoms with Crippen molar-refractivity contribution < 1.29 is 4.42 Å². The lowest BCUT2D eigenvalue weighted by Crippen LogP contribution is -2.16. The number of aryl methyl sites for hydroxylation is 1. The lowest BCUT2D eigenvalue weighted by molar-refractivity contribution is 0.668. The van der Waals surface area contributed by atoms with E-state index >= 15 is 0 Å². The van der Waals surface area contributed by atoms with Crippen molar-refractivity contribution >= 4 is 33.6 Å². The Bertz CT molecular complexity index is 1740. The Morgan fingerprint density at radius 2 is 1.60 bits per heavy atom. The van der Waals surface area contributed by atoms with Gasteiger partial charge in [0.05, 0.1) is 0 Å². The Labute approximate surface area is 256 Å². The van der Waals surface area contributed by atoms with Gasteiger partial charge in [0, 0.05) is 21.9 Å². The first-order valence-corrected chi connectivity index (χ1v) is 14.9. The number of amidine groups is 2. The summed E-state index contributed by atoms with van der Waals surface area (Å²) in [6.07, 6.45) is 9.53. The van der Waals surface area contributed by atoms with Crippen LogP contribution in [0.25, 0.3) is 33.1 Å². The smallest absolute Gasteiger partial charge is 0.154 e. The van der Waals surface area contributed by atoms with Gasteiger partial charge in [-0.25, -0.2) is 4.99 Å². The van der Waals surface area contributed by atoms with E-state index in [-0.39, 0.29) is 5.84 Å². The van der Waals surface area contributed by atoms with Crippen molar-refractivity contribution in [3.8, 4) is 11.1 Å². The SMILES string of the molecule is C/C=C\C(=C/CC)C(N)=NC(=N)c1ccc(-c2ccccc2)cc1.C=CCc1ccc2oc3cccc(C)c3c2c1.CC. The maximum absolute atomic E-state index is 8.17. The van der Waals surface area contributed by atoms with Gasteiger partial charge in [0.2, 0.25) is 0 Å². The van der Waals surface area contributed by atoms with E-state index in [2.05, 4.69) is 48.8 Å². The topological polar surface area (TPSA) is 75.4 Å². The van der Waals surface area contributed by atoms with Crippen LogP contribution in [0.15, 0.2) is 137 Å². The second kappa shape index (κ2) is 16.5. The molecule has 1 aromatic heterocycles. The van der Waals surface area contributed by atoms with Crippen LogP contribution in [0.1, 0.15) is 50.8 Å². The zero-order valence-electron chi connectivity index (χ0n) is 26.0. The summed E-state index contributed by atoms with van der Waals surface area (Å²) in [7, 11) is 0. The third-order valence-corrected chi connectivity index (χ3v) is 6.71. The summed E-state index contributed by atoms with van der Waals surface area (Å²) in [6, 6.07) is 30.5. The molecule has 0 radical (unpaired) electrons. The minimum atomic E-state index is 0.165. The molecule has 4 nitrogen and oxygen atoms in total. The van der Waals surface area contributed by atoms with Crippen molar-refractivity contribution in [2.24, 2.45) is 10.7 Å². The van der Waals surface area contributed by atoms with Gasteiger partial charge in [-0.3, -0.25) is 5.41 Å². The van der Waals surface area contributed by atoms with Gasteiger partial charge in [-0.2, -0.15) is 0 Å². The van der Waals surface area contributed by atoms with Crippen LogP contribution in [0.4, 0.5) is 0 Å². The van der Waals surface area contributed by atoms with Gasteiger partial charge in [0.25, 0.3) is 0 Å². The number of nitrogens with zero attached hydrogens (tertiary/aromatic N) is 1. The second-order valence-electron chi connectivity index (χ2n) is 9.73. The monoisotopic (exact) mass is 569 g/mol. The lowest BCUT2D eigenvalue weighted by atomic mass is 10.0. The predicted octanol–water partition coefficient (Wildman–Crippen LogP) is 10.6. The minimum absolute atomic E-state index is 0.165. The molecule has 5 aromatic rings. The number of allylic oxidation sites excluding steroid dienone is 3. The largest absolute Gasteiger partial charge is 0.456 e. The molecule has 1 heterocycles. The van der Waals surface area contributed by atoms with Crippen LogP contribution in [-0.2, 0) is 6.42 Å². The van der Waals surface area contributed by atoms with E-state index in [1.54, 1.807) is 0 Å². The summed E-state index contributed by atoms with van der Waals surface area (Å²) in [5.74, 6) is 0.533. The highest BCUT2D eigenvalue weighted by atomic mass is 16.3. The number of hydrogen-bond donors (Lipinski definition) is 2. The molecule has 4 aromatic carbocycles. The molecule has 3 N–H and O–H groups in total. The molecule has 0 amide bonds. The van der Waals surface area contributed by atoms with Crippen LogP contribution < -0.4 is 5.73 Å². The maximum Gasteiger partial charge on any atom is 0.154 e. The number of hydrogen-bond acceptors (Lipinski definition) is 2. The Hall–Kier alpha value is -4.96. The summed E-state index contributed by atoms with van der Waals surface area (Å²) in [4.78, 5) is 4.25. The Morgan fingerprint density at radius 1 is 0.907 bits per heavy atom. The van der Waals surface area contributed by atoms with Crippen molar-refractivity contribution in [3.63, 3.8) is 0 Å². The maximum atomic E-state index is 8.17. The third kappa shape index (κ3) is 8.52. The Morgan fingerprint density at radius 3 is 2.26 bits per heavy atom. The molecule has 0 spiro atoms. The van der Waals surface area contributed by atoms with Crippen LogP contribution in [0.3, 0.4) is 0 Å². The second-order valence-corrected chi connectivity index (χ2v) is 9.73. The third-order valence-electron chi connectivity index (χ3n) is 6.71. The molecule has 43 heavy (non-hydrogen) atoms. The van der Waals surface area contributed by atoms with Crippen molar-refractivity contribution in [3.05, 3.63) is 144 Å². The van der Waals surface area contributed by atoms with E-state index in [0.29, 0.717) is 5.84 Å². The fraction of sp³-hybridized carbons (Fsp3) is 0.179. The van der Waals surface area contributed by atoms with Crippen LogP contribution in [0.5, 0.6) is 0 Å². The van der Waals surface area contributed by atoms with Gasteiger partial charge in [-0.15, -0.1) is 6.58 Å². The molecule has 0 aliphatic heterocycles. The van der Waals surface area contributed by atoms with Gasteiger partial charge in [0.15, 0.2) is 5.84 Å². The molecule has 0 saturated carbocycles. The van der Waals surface area contributed by atoms with E-state index in [0.717, 1.165) is 46.3 Å². The first-order valence-electron chi connectivity index (χ1n) is 14.9. The zero-order chi connectivity index (χ0) is 31.2. The average molecular weight is 570 g/mol. The van der Waals surface area contributed by atoms with E-state index in [1.807, 2.05) is 113 Å². The van der Waals surface area contributed by atoms with Gasteiger partial charge in [-0.05, 0) is 67.1 Å². The lowest BCUT2D eigenvalue weighted by Gasteiger charge is -2.05. The molecule has 220 valence electrons. The highest BCUT2D eigenvalue weighted by molar-refractivity contribution is 6.10. The quantitative estimate of drug-likeness (QED) is 0.0885. The number of benzene rings is 4. The van der Waals surface area contributed by atoms with Crippen molar-refractivity contribution in [2.75, 3.05) is 0 Å². The Kier molecular flexibility index (Phi) is 12.5. The van der Waals surface area contributed by atoms with E-state index in [1.165, 1.54) is 21.9 Å². The molecule has 0 aliphatic carbocycles. The highest BCUT2D eigenvalue weighted by Gasteiger charge is 2.09. The summed E-state index contributed by atoms with van der Waals surface area (Å²) in [6.45, 7) is 13.9. The van der Waals surface area contributed by atoms with Gasteiger partial charge >= 0.3 is 0 Å². The first kappa shape index (κ1) is 32.6. The van der Waals surface area contributed by atoms with Crippen LogP contribution in [0, 0.1) is 12.3 Å². The molecule has 0 saturated heterocycles. The number of nitrogens with one attached hydrogen (secondary N) is 1. The molecule has 0 fully saturated rings. The van der Waals surface area contributed by atoms with Crippen molar-refractivity contribution in [1.82, 2.24) is 0 Å². The summed E-state index contributed by atoms with van der Waals surface area (Å²) in [5.41, 5.74) is 14.4. The molecule has 0 aliphatic rings. The number of furan rings is 1. The minimum Gasteiger partial charge on any atom is -0.456 e. The number of aliphatic imine (C=N–C) groups is 1. The van der Waals surface area contributed by atoms with Gasteiger partial charge < -0.3 is 10.2 Å². The first-order chi connectivity index (χ1) is 20.9. The summed E-state index contributed by atoms with van der Waals surface area (Å²) in [5, 5.41) is 10.6. The number of nitrogens with two attached hydrogens (primary N) is 1. The van der Waals surface area contributed by atoms with Gasteiger partial charge in [0.1, 0.15) is 17.0 Å². The van der Waals surface area contributed by atoms with E-state index in [4.69, 9.17) is 15.6 Å². The van der Waals surface area contributed by atoms with Crippen molar-refractivity contribution in [2.45, 2.75) is 47.5 Å². The zero-order valence-corrected chi connectivity index (χ0v) is 26.0. The van der Waals surface area contributed by atoms with Crippen molar-refractivity contribution in [1.29, 1.82) is 5.41 Å². The average Bonchev–Trinajstić information content (AvgIpc) is 3.42. The molecule has 0 bridgehead atoms. The standard InChI is InChI=1S/C21H23N3.C16H14O.C2H6/c1-3-8-18(9-4-2)20(22)24-21(23)19-14-12-17(13-15-19)16-10-6-5-7-11-16;1-3-5-12-8-9-14-13(10-12)16-11(2)6-4-7-15(16)17-14;1-2/h3,5-15H,4H2,1-2H3,(H3,22,23,24);3-4,6-10H,1,5H2,2H3;1-2H3/b8-3-,18-9+;;. The molecular weight excluding hydrogens is 526 g/mol. The molecule has 5 rings (SSSR count). The Balaban J connectivity index is 0.000000233.